The first-order valence-corrected chi connectivity index (χ1v) is 3.51. The van der Waals surface area contributed by atoms with Crippen LogP contribution in [0.4, 0.5) is 0 Å². The number of hydrogen-bond acceptors (Lipinski definition) is 3. The Balaban J connectivity index is 2.74. The van der Waals surface area contributed by atoms with E-state index in [-0.39, 0.29) is 0 Å². The van der Waals surface area contributed by atoms with Gasteiger partial charge >= 0.3 is 0 Å². The molecule has 0 radical (unpaired) electrons. The van der Waals surface area contributed by atoms with Gasteiger partial charge in [0.1, 0.15) is 0 Å². The van der Waals surface area contributed by atoms with Crippen molar-refractivity contribution in [2.24, 2.45) is 5.84 Å². The van der Waals surface area contributed by atoms with Gasteiger partial charge in [0, 0.05) is 10.7 Å². The minimum Gasteiger partial charge on any atom is -0.372 e. The standard InChI is InChI=1S/C5H8BrN3O/c6-3-1-4(8-2-3)5(10)9-7/h1-2,5,8-10H,7H2. The number of nitrogens with two attached hydrogens (primary N) is 1. The normalized spacial score (nSPS) is 13.5. The number of aromatic amines is 1. The molecule has 0 saturated carbocycles. The fourth-order valence-corrected chi connectivity index (χ4v) is 0.993. The molecule has 0 aliphatic carbocycles. The minimum absolute atomic E-state index is 0.634. The lowest BCUT2D eigenvalue weighted by Crippen LogP contribution is -2.27. The summed E-state index contributed by atoms with van der Waals surface area (Å²) in [6.45, 7) is 0. The molecule has 5 N–H and O–H groups in total. The van der Waals surface area contributed by atoms with Crippen LogP contribution >= 0.6 is 15.9 Å². The van der Waals surface area contributed by atoms with Crippen molar-refractivity contribution in [1.29, 1.82) is 0 Å². The molecule has 1 heterocycles. The van der Waals surface area contributed by atoms with Crippen LogP contribution in [-0.2, 0) is 0 Å². The molecule has 4 nitrogen and oxygen atoms in total. The highest BCUT2D eigenvalue weighted by atomic mass is 79.9. The van der Waals surface area contributed by atoms with Gasteiger partial charge < -0.3 is 10.1 Å². The SMILES string of the molecule is NNC(O)c1cc(Br)c[nH]1. The number of aromatic nitrogens is 1. The number of hydrazine groups is 1. The summed E-state index contributed by atoms with van der Waals surface area (Å²) in [5.74, 6) is 4.98. The lowest BCUT2D eigenvalue weighted by Gasteiger charge is -2.04. The molecule has 1 unspecified atom stereocenters. The molecular formula is C5H8BrN3O. The van der Waals surface area contributed by atoms with Crippen LogP contribution in [0.1, 0.15) is 11.9 Å². The first kappa shape index (κ1) is 7.74. The highest BCUT2D eigenvalue weighted by Gasteiger charge is 2.04. The summed E-state index contributed by atoms with van der Waals surface area (Å²) in [6, 6.07) is 1.74. The molecule has 5 heteroatoms. The zero-order chi connectivity index (χ0) is 7.56. The fourth-order valence-electron chi connectivity index (χ4n) is 0.632. The van der Waals surface area contributed by atoms with E-state index in [0.717, 1.165) is 4.47 Å². The van der Waals surface area contributed by atoms with Crippen LogP contribution in [0.3, 0.4) is 0 Å². The Morgan fingerprint density at radius 1 is 1.80 bits per heavy atom. The van der Waals surface area contributed by atoms with Crippen molar-refractivity contribution in [3.63, 3.8) is 0 Å². The number of halogens is 1. The molecule has 0 fully saturated rings. The van der Waals surface area contributed by atoms with Crippen molar-refractivity contribution in [3.8, 4) is 0 Å². The molecule has 56 valence electrons. The molecule has 0 bridgehead atoms. The Bertz CT molecular complexity index is 212. The van der Waals surface area contributed by atoms with Gasteiger partial charge in [-0.2, -0.15) is 0 Å². The van der Waals surface area contributed by atoms with Gasteiger partial charge in [0.05, 0.1) is 5.69 Å². The monoisotopic (exact) mass is 205 g/mol. The van der Waals surface area contributed by atoms with E-state index >= 15 is 0 Å². The fraction of sp³-hybridized carbons (Fsp3) is 0.200. The Kier molecular flexibility index (Phi) is 2.44. The first-order chi connectivity index (χ1) is 4.74. The number of aliphatic hydroxyl groups excluding tert-OH is 1. The zero-order valence-electron chi connectivity index (χ0n) is 5.13. The van der Waals surface area contributed by atoms with Crippen molar-refractivity contribution in [2.45, 2.75) is 6.23 Å². The summed E-state index contributed by atoms with van der Waals surface area (Å²) >= 11 is 3.22. The summed E-state index contributed by atoms with van der Waals surface area (Å²) in [6.07, 6.45) is 0.891. The van der Waals surface area contributed by atoms with Gasteiger partial charge in [-0.25, -0.2) is 5.43 Å². The summed E-state index contributed by atoms with van der Waals surface area (Å²) in [4.78, 5) is 2.82. The molecule has 1 aromatic heterocycles. The summed E-state index contributed by atoms with van der Waals surface area (Å²) < 4.78 is 0.886. The van der Waals surface area contributed by atoms with Crippen LogP contribution < -0.4 is 11.3 Å². The average Bonchev–Trinajstić information content (AvgIpc) is 2.34. The quantitative estimate of drug-likeness (QED) is 0.318. The summed E-state index contributed by atoms with van der Waals surface area (Å²) in [5, 5.41) is 9.05. The highest BCUT2D eigenvalue weighted by molar-refractivity contribution is 9.10. The van der Waals surface area contributed by atoms with Crippen molar-refractivity contribution in [2.75, 3.05) is 0 Å². The molecule has 0 aromatic carbocycles. The molecular weight excluding hydrogens is 198 g/mol. The highest BCUT2D eigenvalue weighted by Crippen LogP contribution is 2.14. The van der Waals surface area contributed by atoms with Crippen LogP contribution in [0.2, 0.25) is 0 Å². The maximum Gasteiger partial charge on any atom is 0.158 e. The lowest BCUT2D eigenvalue weighted by atomic mass is 10.4. The second kappa shape index (κ2) is 3.16. The van der Waals surface area contributed by atoms with Gasteiger partial charge in [0.25, 0.3) is 0 Å². The first-order valence-electron chi connectivity index (χ1n) is 2.72. The Morgan fingerprint density at radius 2 is 2.50 bits per heavy atom. The summed E-state index contributed by atoms with van der Waals surface area (Å²) in [5.41, 5.74) is 2.83. The molecule has 1 atom stereocenters. The Hall–Kier alpha value is -0.360. The lowest BCUT2D eigenvalue weighted by molar-refractivity contribution is 0.136. The molecule has 0 aliphatic rings. The van der Waals surface area contributed by atoms with Crippen LogP contribution in [0.15, 0.2) is 16.7 Å². The van der Waals surface area contributed by atoms with Gasteiger partial charge in [-0.15, -0.1) is 0 Å². The largest absolute Gasteiger partial charge is 0.372 e. The van der Waals surface area contributed by atoms with Crippen LogP contribution in [-0.4, -0.2) is 10.1 Å². The third-order valence-electron chi connectivity index (χ3n) is 1.12. The minimum atomic E-state index is -0.828. The smallest absolute Gasteiger partial charge is 0.158 e. The van der Waals surface area contributed by atoms with Crippen LogP contribution in [0.5, 0.6) is 0 Å². The molecule has 1 rings (SSSR count). The number of hydrogen-bond donors (Lipinski definition) is 4. The van der Waals surface area contributed by atoms with Gasteiger partial charge in [-0.05, 0) is 22.0 Å². The van der Waals surface area contributed by atoms with E-state index in [0.29, 0.717) is 5.69 Å². The predicted octanol–water partition coefficient (Wildman–Crippen LogP) is 0.231. The number of nitrogens with one attached hydrogen (secondary N) is 2. The number of rotatable bonds is 2. The molecule has 0 saturated heterocycles. The predicted molar refractivity (Wildman–Crippen MR) is 40.8 cm³/mol. The van der Waals surface area contributed by atoms with E-state index < -0.39 is 6.23 Å². The van der Waals surface area contributed by atoms with E-state index in [1.807, 2.05) is 0 Å². The summed E-state index contributed by atoms with van der Waals surface area (Å²) in [7, 11) is 0. The van der Waals surface area contributed by atoms with E-state index in [9.17, 15) is 0 Å². The van der Waals surface area contributed by atoms with E-state index in [2.05, 4.69) is 26.3 Å². The topological polar surface area (TPSA) is 74.1 Å². The number of H-pyrrole nitrogens is 1. The maximum atomic E-state index is 9.05. The Morgan fingerprint density at radius 3 is 2.90 bits per heavy atom. The van der Waals surface area contributed by atoms with Crippen LogP contribution in [0, 0.1) is 0 Å². The van der Waals surface area contributed by atoms with Gasteiger partial charge in [0.15, 0.2) is 6.23 Å². The van der Waals surface area contributed by atoms with Crippen LogP contribution in [0.25, 0.3) is 0 Å². The van der Waals surface area contributed by atoms with Crippen molar-refractivity contribution in [1.82, 2.24) is 10.4 Å². The van der Waals surface area contributed by atoms with Crippen molar-refractivity contribution in [3.05, 3.63) is 22.4 Å². The average molecular weight is 206 g/mol. The van der Waals surface area contributed by atoms with E-state index in [1.54, 1.807) is 12.3 Å². The second-order valence-electron chi connectivity index (χ2n) is 1.84. The number of aliphatic hydroxyl groups is 1. The molecule has 0 amide bonds. The molecule has 1 aromatic rings. The van der Waals surface area contributed by atoms with Gasteiger partial charge in [0.2, 0.25) is 0 Å². The Labute approximate surface area is 66.5 Å². The maximum absolute atomic E-state index is 9.05. The third kappa shape index (κ3) is 1.57. The second-order valence-corrected chi connectivity index (χ2v) is 2.76. The molecule has 10 heavy (non-hydrogen) atoms. The van der Waals surface area contributed by atoms with Gasteiger partial charge in [-0.1, -0.05) is 0 Å². The van der Waals surface area contributed by atoms with E-state index in [1.165, 1.54) is 0 Å². The van der Waals surface area contributed by atoms with Crippen molar-refractivity contribution < 1.29 is 5.11 Å². The zero-order valence-corrected chi connectivity index (χ0v) is 6.72. The van der Waals surface area contributed by atoms with E-state index in [4.69, 9.17) is 10.9 Å². The third-order valence-corrected chi connectivity index (χ3v) is 1.58. The molecule has 0 spiro atoms. The molecule has 0 aliphatic heterocycles. The van der Waals surface area contributed by atoms with Gasteiger partial charge in [-0.3, -0.25) is 5.84 Å². The van der Waals surface area contributed by atoms with Crippen molar-refractivity contribution >= 4 is 15.9 Å².